The molecule has 1 aliphatic heterocycles. The Morgan fingerprint density at radius 1 is 0.900 bits per heavy atom. The Labute approximate surface area is 180 Å². The number of fused-ring (bicyclic) bond motifs is 1. The number of piperazine rings is 1. The molecule has 4 aromatic rings. The molecule has 0 amide bonds. The largest absolute Gasteiger partial charge is 0.366 e. The van der Waals surface area contributed by atoms with E-state index in [0.29, 0.717) is 0 Å². The second-order valence-corrected chi connectivity index (χ2v) is 8.48. The third-order valence-electron chi connectivity index (χ3n) is 5.43. The van der Waals surface area contributed by atoms with Crippen LogP contribution in [0.15, 0.2) is 67.3 Å². The molecule has 0 aliphatic carbocycles. The van der Waals surface area contributed by atoms with Gasteiger partial charge in [-0.2, -0.15) is 10.2 Å². The van der Waals surface area contributed by atoms with Gasteiger partial charge in [0.2, 0.25) is 0 Å². The Morgan fingerprint density at radius 3 is 2.50 bits per heavy atom. The summed E-state index contributed by atoms with van der Waals surface area (Å²) in [6.45, 7) is 4.88. The fraction of sp³-hybridized carbons (Fsp3) is 0.273. The molecule has 7 nitrogen and oxygen atoms in total. The minimum atomic E-state index is 0.874. The van der Waals surface area contributed by atoms with Crippen molar-refractivity contribution in [2.45, 2.75) is 6.54 Å². The molecule has 1 saturated heterocycles. The van der Waals surface area contributed by atoms with Crippen molar-refractivity contribution in [2.75, 3.05) is 31.1 Å². The van der Waals surface area contributed by atoms with E-state index in [-0.39, 0.29) is 0 Å². The molecular weight excluding hydrogens is 394 g/mol. The standard InChI is InChI=1S/C22H25N7S/c1-26-16-20(14-23-26)19-7-8-21-22(15-24-29(21)17-19)27-9-11-28(12-10-27)30-25-13-18-5-3-2-4-6-18/h2-8,14-17,25H,9-13H2,1H3. The average molecular weight is 420 g/mol. The molecule has 0 spiro atoms. The molecule has 154 valence electrons. The molecule has 1 aliphatic rings. The van der Waals surface area contributed by atoms with E-state index in [4.69, 9.17) is 0 Å². The van der Waals surface area contributed by atoms with E-state index in [1.54, 1.807) is 12.1 Å². The summed E-state index contributed by atoms with van der Waals surface area (Å²) in [5, 5.41) is 8.87. The number of benzene rings is 1. The monoisotopic (exact) mass is 419 g/mol. The molecule has 0 saturated carbocycles. The lowest BCUT2D eigenvalue weighted by Gasteiger charge is -2.34. The van der Waals surface area contributed by atoms with Gasteiger partial charge in [0.15, 0.2) is 0 Å². The topological polar surface area (TPSA) is 53.6 Å². The van der Waals surface area contributed by atoms with Gasteiger partial charge in [-0.1, -0.05) is 36.4 Å². The van der Waals surface area contributed by atoms with Crippen molar-refractivity contribution in [1.29, 1.82) is 0 Å². The fourth-order valence-corrected chi connectivity index (χ4v) is 4.54. The number of aryl methyl sites for hydroxylation is 1. The van der Waals surface area contributed by atoms with Gasteiger partial charge in [-0.3, -0.25) is 4.68 Å². The molecule has 30 heavy (non-hydrogen) atoms. The van der Waals surface area contributed by atoms with Gasteiger partial charge < -0.3 is 4.90 Å². The Hall–Kier alpha value is -2.81. The smallest absolute Gasteiger partial charge is 0.0896 e. The predicted molar refractivity (Wildman–Crippen MR) is 122 cm³/mol. The van der Waals surface area contributed by atoms with Crippen LogP contribution in [0.2, 0.25) is 0 Å². The predicted octanol–water partition coefficient (Wildman–Crippen LogP) is 3.21. The van der Waals surface area contributed by atoms with Gasteiger partial charge in [0.05, 0.1) is 23.6 Å². The molecule has 8 heteroatoms. The molecule has 5 rings (SSSR count). The molecule has 0 radical (unpaired) electrons. The lowest BCUT2D eigenvalue weighted by atomic mass is 10.1. The van der Waals surface area contributed by atoms with Gasteiger partial charge in [0, 0.05) is 75.4 Å². The number of nitrogens with zero attached hydrogens (tertiary/aromatic N) is 6. The van der Waals surface area contributed by atoms with Gasteiger partial charge in [-0.15, -0.1) is 0 Å². The van der Waals surface area contributed by atoms with Crippen LogP contribution in [0.5, 0.6) is 0 Å². The Morgan fingerprint density at radius 2 is 1.73 bits per heavy atom. The summed E-state index contributed by atoms with van der Waals surface area (Å²) in [6.07, 6.45) is 7.97. The van der Waals surface area contributed by atoms with Crippen LogP contribution in [0.25, 0.3) is 16.6 Å². The highest BCUT2D eigenvalue weighted by Crippen LogP contribution is 2.27. The van der Waals surface area contributed by atoms with E-state index in [1.807, 2.05) is 34.8 Å². The van der Waals surface area contributed by atoms with Crippen molar-refractivity contribution in [3.8, 4) is 11.1 Å². The normalized spacial score (nSPS) is 15.2. The molecule has 0 unspecified atom stereocenters. The van der Waals surface area contributed by atoms with Crippen molar-refractivity contribution < 1.29 is 0 Å². The van der Waals surface area contributed by atoms with Crippen LogP contribution < -0.4 is 9.62 Å². The van der Waals surface area contributed by atoms with E-state index in [2.05, 4.69) is 72.8 Å². The molecule has 0 atom stereocenters. The van der Waals surface area contributed by atoms with Gasteiger partial charge in [-0.05, 0) is 11.6 Å². The second-order valence-electron chi connectivity index (χ2n) is 7.49. The zero-order valence-corrected chi connectivity index (χ0v) is 17.8. The van der Waals surface area contributed by atoms with Crippen LogP contribution in [0.3, 0.4) is 0 Å². The lowest BCUT2D eigenvalue weighted by molar-refractivity contribution is 0.427. The fourth-order valence-electron chi connectivity index (χ4n) is 3.78. The highest BCUT2D eigenvalue weighted by Gasteiger charge is 2.20. The van der Waals surface area contributed by atoms with E-state index in [9.17, 15) is 0 Å². The second kappa shape index (κ2) is 8.51. The first-order chi connectivity index (χ1) is 14.8. The van der Waals surface area contributed by atoms with Crippen LogP contribution in [0.4, 0.5) is 5.69 Å². The minimum Gasteiger partial charge on any atom is -0.366 e. The molecule has 1 aromatic carbocycles. The number of hydrogen-bond acceptors (Lipinski definition) is 6. The third kappa shape index (κ3) is 4.07. The summed E-state index contributed by atoms with van der Waals surface area (Å²) in [5.41, 5.74) is 5.88. The van der Waals surface area contributed by atoms with E-state index in [1.165, 1.54) is 11.3 Å². The van der Waals surface area contributed by atoms with E-state index < -0.39 is 0 Å². The Balaban J connectivity index is 1.20. The van der Waals surface area contributed by atoms with Crippen molar-refractivity contribution in [3.63, 3.8) is 0 Å². The molecule has 0 bridgehead atoms. The van der Waals surface area contributed by atoms with Crippen LogP contribution in [0.1, 0.15) is 5.56 Å². The highest BCUT2D eigenvalue weighted by atomic mass is 32.2. The number of anilines is 1. The average Bonchev–Trinajstić information content (AvgIpc) is 3.41. The van der Waals surface area contributed by atoms with Crippen molar-refractivity contribution in [3.05, 3.63) is 72.8 Å². The van der Waals surface area contributed by atoms with Crippen LogP contribution >= 0.6 is 12.1 Å². The van der Waals surface area contributed by atoms with Crippen molar-refractivity contribution in [1.82, 2.24) is 28.4 Å². The first kappa shape index (κ1) is 19.2. The molecule has 4 heterocycles. The SMILES string of the molecule is Cn1cc(-c2ccc3c(N4CCN(SNCc5ccccc5)CC4)cnn3c2)cn1. The number of pyridine rings is 1. The summed E-state index contributed by atoms with van der Waals surface area (Å²) in [5.74, 6) is 0. The summed E-state index contributed by atoms with van der Waals surface area (Å²) >= 11 is 1.72. The van der Waals surface area contributed by atoms with Gasteiger partial charge in [0.1, 0.15) is 0 Å². The minimum absolute atomic E-state index is 0.874. The Kier molecular flexibility index (Phi) is 5.44. The van der Waals surface area contributed by atoms with Gasteiger partial charge in [-0.25, -0.2) is 13.5 Å². The molecule has 1 fully saturated rings. The lowest BCUT2D eigenvalue weighted by Crippen LogP contribution is -2.44. The first-order valence-corrected chi connectivity index (χ1v) is 10.9. The third-order valence-corrected chi connectivity index (χ3v) is 6.32. The van der Waals surface area contributed by atoms with Crippen LogP contribution in [-0.2, 0) is 13.6 Å². The number of aromatic nitrogens is 4. The quantitative estimate of drug-likeness (QED) is 0.485. The maximum atomic E-state index is 4.61. The first-order valence-electron chi connectivity index (χ1n) is 10.2. The van der Waals surface area contributed by atoms with Crippen molar-refractivity contribution in [2.24, 2.45) is 7.05 Å². The summed E-state index contributed by atoms with van der Waals surface area (Å²) in [6, 6.07) is 14.8. The highest BCUT2D eigenvalue weighted by molar-refractivity contribution is 7.95. The number of nitrogens with one attached hydrogen (secondary N) is 1. The zero-order valence-electron chi connectivity index (χ0n) is 17.0. The van der Waals surface area contributed by atoms with Crippen molar-refractivity contribution >= 4 is 23.3 Å². The Bertz CT molecular complexity index is 1110. The molecular formula is C22H25N7S. The van der Waals surface area contributed by atoms with Crippen LogP contribution in [-0.4, -0.2) is 49.9 Å². The maximum absolute atomic E-state index is 4.61. The van der Waals surface area contributed by atoms with Gasteiger partial charge >= 0.3 is 0 Å². The maximum Gasteiger partial charge on any atom is 0.0896 e. The summed E-state index contributed by atoms with van der Waals surface area (Å²) < 4.78 is 9.66. The van der Waals surface area contributed by atoms with E-state index in [0.717, 1.165) is 49.4 Å². The molecule has 1 N–H and O–H groups in total. The van der Waals surface area contributed by atoms with Gasteiger partial charge in [0.25, 0.3) is 0 Å². The summed E-state index contributed by atoms with van der Waals surface area (Å²) in [4.78, 5) is 2.43. The zero-order chi connectivity index (χ0) is 20.3. The summed E-state index contributed by atoms with van der Waals surface area (Å²) in [7, 11) is 1.93. The number of rotatable bonds is 6. The van der Waals surface area contributed by atoms with E-state index >= 15 is 0 Å². The molecule has 3 aromatic heterocycles. The number of hydrogen-bond donors (Lipinski definition) is 1. The van der Waals surface area contributed by atoms with Crippen LogP contribution in [0, 0.1) is 0 Å².